The summed E-state index contributed by atoms with van der Waals surface area (Å²) in [7, 11) is 0. The van der Waals surface area contributed by atoms with Crippen LogP contribution in [0.25, 0.3) is 0 Å². The molecule has 2 heterocycles. The molecule has 25 heavy (non-hydrogen) atoms. The van der Waals surface area contributed by atoms with Gasteiger partial charge in [0.15, 0.2) is 0 Å². The number of nitrogens with one attached hydrogen (secondary N) is 2. The van der Waals surface area contributed by atoms with Gasteiger partial charge in [-0.25, -0.2) is 4.39 Å². The summed E-state index contributed by atoms with van der Waals surface area (Å²) in [6, 6.07) is 4.28. The van der Waals surface area contributed by atoms with E-state index in [4.69, 9.17) is 0 Å². The van der Waals surface area contributed by atoms with Crippen LogP contribution in [-0.2, 0) is 4.79 Å². The molecule has 0 unspecified atom stereocenters. The maximum atomic E-state index is 14.2. The summed E-state index contributed by atoms with van der Waals surface area (Å²) in [4.78, 5) is 26.1. The van der Waals surface area contributed by atoms with Gasteiger partial charge in [0.1, 0.15) is 5.82 Å². The molecule has 1 aromatic rings. The van der Waals surface area contributed by atoms with Gasteiger partial charge in [0.25, 0.3) is 5.91 Å². The van der Waals surface area contributed by atoms with Crippen molar-refractivity contribution in [2.45, 2.75) is 20.3 Å². The van der Waals surface area contributed by atoms with E-state index in [1.807, 2.05) is 18.7 Å². The summed E-state index contributed by atoms with van der Waals surface area (Å²) < 4.78 is 14.2. The van der Waals surface area contributed by atoms with Gasteiger partial charge in [-0.15, -0.1) is 12.4 Å². The quantitative estimate of drug-likeness (QED) is 0.857. The number of carbonyl (C=O) groups excluding carboxylic acids is 2. The molecule has 138 valence electrons. The summed E-state index contributed by atoms with van der Waals surface area (Å²) in [5.41, 5.74) is 0.460. The SMILES string of the molecule is CC(C)CC(=O)Nc1ccc(C(=O)N2C[C@H]3CNC[C@H]3C2)cc1F.Cl. The van der Waals surface area contributed by atoms with Gasteiger partial charge in [0, 0.05) is 38.2 Å². The van der Waals surface area contributed by atoms with Crippen LogP contribution in [0, 0.1) is 23.6 Å². The predicted molar refractivity (Wildman–Crippen MR) is 97.5 cm³/mol. The largest absolute Gasteiger partial charge is 0.338 e. The smallest absolute Gasteiger partial charge is 0.253 e. The molecule has 0 bridgehead atoms. The third kappa shape index (κ3) is 4.50. The van der Waals surface area contributed by atoms with E-state index < -0.39 is 5.82 Å². The molecule has 2 aliphatic heterocycles. The van der Waals surface area contributed by atoms with Crippen molar-refractivity contribution in [3.05, 3.63) is 29.6 Å². The Balaban J connectivity index is 0.00000225. The third-order valence-corrected chi connectivity index (χ3v) is 4.76. The van der Waals surface area contributed by atoms with Crippen LogP contribution < -0.4 is 10.6 Å². The maximum absolute atomic E-state index is 14.2. The highest BCUT2D eigenvalue weighted by molar-refractivity contribution is 5.96. The Hall–Kier alpha value is -1.66. The highest BCUT2D eigenvalue weighted by Crippen LogP contribution is 2.28. The Labute approximate surface area is 153 Å². The minimum absolute atomic E-state index is 0. The number of likely N-dealkylation sites (tertiary alicyclic amines) is 1. The molecule has 7 heteroatoms. The number of amides is 2. The molecule has 2 amide bonds. The van der Waals surface area contributed by atoms with Crippen LogP contribution in [0.15, 0.2) is 18.2 Å². The van der Waals surface area contributed by atoms with Crippen LogP contribution in [0.1, 0.15) is 30.6 Å². The number of nitrogens with zero attached hydrogens (tertiary/aromatic N) is 1. The van der Waals surface area contributed by atoms with Crippen molar-refractivity contribution < 1.29 is 14.0 Å². The van der Waals surface area contributed by atoms with E-state index in [1.165, 1.54) is 12.1 Å². The lowest BCUT2D eigenvalue weighted by atomic mass is 10.0. The molecule has 0 radical (unpaired) electrons. The van der Waals surface area contributed by atoms with E-state index in [1.54, 1.807) is 6.07 Å². The molecule has 1 aromatic carbocycles. The van der Waals surface area contributed by atoms with Gasteiger partial charge in [0.05, 0.1) is 5.69 Å². The Bertz CT molecular complexity index is 641. The van der Waals surface area contributed by atoms with Crippen molar-refractivity contribution in [3.63, 3.8) is 0 Å². The van der Waals surface area contributed by atoms with Gasteiger partial charge in [0.2, 0.25) is 5.91 Å². The molecule has 3 rings (SSSR count). The standard InChI is InChI=1S/C18H24FN3O2.ClH/c1-11(2)5-17(23)21-16-4-3-12(6-15(16)19)18(24)22-9-13-7-20-8-14(13)10-22;/h3-4,6,11,13-14,20H,5,7-10H2,1-2H3,(H,21,23);1H/t13-,14+;. The average molecular weight is 370 g/mol. The van der Waals surface area contributed by atoms with Gasteiger partial charge < -0.3 is 15.5 Å². The molecule has 2 atom stereocenters. The fourth-order valence-corrected chi connectivity index (χ4v) is 3.53. The van der Waals surface area contributed by atoms with Gasteiger partial charge >= 0.3 is 0 Å². The zero-order chi connectivity index (χ0) is 17.3. The minimum atomic E-state index is -0.570. The molecule has 2 N–H and O–H groups in total. The Morgan fingerprint density at radius 3 is 2.48 bits per heavy atom. The lowest BCUT2D eigenvalue weighted by Gasteiger charge is -2.18. The number of anilines is 1. The number of hydrogen-bond donors (Lipinski definition) is 2. The van der Waals surface area contributed by atoms with Crippen LogP contribution in [-0.4, -0.2) is 42.9 Å². The number of fused-ring (bicyclic) bond motifs is 1. The summed E-state index contributed by atoms with van der Waals surface area (Å²) in [6.07, 6.45) is 0.338. The van der Waals surface area contributed by atoms with Crippen LogP contribution in [0.5, 0.6) is 0 Å². The number of carbonyl (C=O) groups is 2. The number of hydrogen-bond acceptors (Lipinski definition) is 3. The van der Waals surface area contributed by atoms with Crippen molar-refractivity contribution in [2.24, 2.45) is 17.8 Å². The van der Waals surface area contributed by atoms with Gasteiger partial charge in [-0.1, -0.05) is 13.8 Å². The lowest BCUT2D eigenvalue weighted by molar-refractivity contribution is -0.116. The van der Waals surface area contributed by atoms with E-state index in [9.17, 15) is 14.0 Å². The molecule has 0 spiro atoms. The second-order valence-corrected chi connectivity index (χ2v) is 7.23. The molecular formula is C18H25ClFN3O2. The Morgan fingerprint density at radius 2 is 1.92 bits per heavy atom. The molecule has 5 nitrogen and oxygen atoms in total. The highest BCUT2D eigenvalue weighted by Gasteiger charge is 2.38. The first-order chi connectivity index (χ1) is 11.4. The van der Waals surface area contributed by atoms with Crippen molar-refractivity contribution in [2.75, 3.05) is 31.5 Å². The van der Waals surface area contributed by atoms with Gasteiger partial charge in [-0.2, -0.15) is 0 Å². The maximum Gasteiger partial charge on any atom is 0.253 e. The predicted octanol–water partition coefficient (Wildman–Crippen LogP) is 2.52. The molecule has 0 aliphatic carbocycles. The van der Waals surface area contributed by atoms with Gasteiger partial charge in [-0.05, 0) is 36.0 Å². The Kier molecular flexibility index (Phi) is 6.41. The molecule has 0 saturated carbocycles. The normalized spacial score (nSPS) is 21.8. The van der Waals surface area contributed by atoms with Crippen molar-refractivity contribution >= 4 is 29.9 Å². The highest BCUT2D eigenvalue weighted by atomic mass is 35.5. The summed E-state index contributed by atoms with van der Waals surface area (Å²) in [6.45, 7) is 7.21. The topological polar surface area (TPSA) is 61.4 Å². The Morgan fingerprint density at radius 1 is 1.28 bits per heavy atom. The first-order valence-electron chi connectivity index (χ1n) is 8.53. The van der Waals surface area contributed by atoms with E-state index in [-0.39, 0.29) is 35.8 Å². The fraction of sp³-hybridized carbons (Fsp3) is 0.556. The van der Waals surface area contributed by atoms with Crippen LogP contribution in [0.3, 0.4) is 0 Å². The summed E-state index contributed by atoms with van der Waals surface area (Å²) >= 11 is 0. The van der Waals surface area contributed by atoms with Crippen molar-refractivity contribution in [1.82, 2.24) is 10.2 Å². The number of benzene rings is 1. The fourth-order valence-electron chi connectivity index (χ4n) is 3.53. The monoisotopic (exact) mass is 369 g/mol. The van der Waals surface area contributed by atoms with Crippen LogP contribution >= 0.6 is 12.4 Å². The third-order valence-electron chi connectivity index (χ3n) is 4.76. The molecule has 2 saturated heterocycles. The molecule has 2 aliphatic rings. The molecule has 0 aromatic heterocycles. The average Bonchev–Trinajstić information content (AvgIpc) is 3.09. The first-order valence-corrected chi connectivity index (χ1v) is 8.53. The number of rotatable bonds is 4. The minimum Gasteiger partial charge on any atom is -0.338 e. The van der Waals surface area contributed by atoms with Crippen molar-refractivity contribution in [1.29, 1.82) is 0 Å². The first kappa shape index (κ1) is 19.7. The van der Waals surface area contributed by atoms with E-state index >= 15 is 0 Å². The lowest BCUT2D eigenvalue weighted by Crippen LogP contribution is -2.32. The van der Waals surface area contributed by atoms with Crippen LogP contribution in [0.2, 0.25) is 0 Å². The van der Waals surface area contributed by atoms with Crippen molar-refractivity contribution in [3.8, 4) is 0 Å². The summed E-state index contributed by atoms with van der Waals surface area (Å²) in [5.74, 6) is 0.296. The second-order valence-electron chi connectivity index (χ2n) is 7.23. The van der Waals surface area contributed by atoms with Gasteiger partial charge in [-0.3, -0.25) is 9.59 Å². The van der Waals surface area contributed by atoms with E-state index in [0.29, 0.717) is 23.8 Å². The number of halogens is 2. The van der Waals surface area contributed by atoms with E-state index in [0.717, 1.165) is 26.2 Å². The summed E-state index contributed by atoms with van der Waals surface area (Å²) in [5, 5.41) is 5.90. The van der Waals surface area contributed by atoms with E-state index in [2.05, 4.69) is 10.6 Å². The zero-order valence-electron chi connectivity index (χ0n) is 14.5. The zero-order valence-corrected chi connectivity index (χ0v) is 15.4. The molecular weight excluding hydrogens is 345 g/mol. The van der Waals surface area contributed by atoms with Crippen LogP contribution in [0.4, 0.5) is 10.1 Å². The molecule has 2 fully saturated rings. The second kappa shape index (κ2) is 8.15.